The first kappa shape index (κ1) is 14.6. The quantitative estimate of drug-likeness (QED) is 0.860. The predicted octanol–water partition coefficient (Wildman–Crippen LogP) is 2.26. The fourth-order valence-corrected chi connectivity index (χ4v) is 5.55. The Balaban J connectivity index is 1.61. The molecule has 5 heteroatoms. The molecule has 114 valence electrons. The van der Waals surface area contributed by atoms with Crippen LogP contribution in [0.15, 0.2) is 30.3 Å². The van der Waals surface area contributed by atoms with Crippen LogP contribution in [0, 0.1) is 0 Å². The number of nitrogens with zero attached hydrogens (tertiary/aromatic N) is 1. The molecule has 1 aliphatic heterocycles. The second-order valence-electron chi connectivity index (χ2n) is 6.05. The second-order valence-corrected chi connectivity index (χ2v) is 8.56. The normalized spacial score (nSPS) is 21.0. The summed E-state index contributed by atoms with van der Waals surface area (Å²) in [5, 5.41) is -0.529. The van der Waals surface area contributed by atoms with Gasteiger partial charge in [0.05, 0.1) is 10.5 Å². The zero-order valence-electron chi connectivity index (χ0n) is 12.1. The van der Waals surface area contributed by atoms with Gasteiger partial charge >= 0.3 is 0 Å². The zero-order valence-corrected chi connectivity index (χ0v) is 12.9. The van der Waals surface area contributed by atoms with E-state index in [-0.39, 0.29) is 16.4 Å². The average Bonchev–Trinajstić information content (AvgIpc) is 2.47. The lowest BCUT2D eigenvalue weighted by Gasteiger charge is -2.40. The molecule has 1 aromatic rings. The molecule has 21 heavy (non-hydrogen) atoms. The fraction of sp³-hybridized carbons (Fsp3) is 0.562. The maximum atomic E-state index is 12.5. The summed E-state index contributed by atoms with van der Waals surface area (Å²) in [7, 11) is -3.07. The minimum atomic E-state index is -3.07. The molecule has 2 aliphatic rings. The molecule has 1 saturated carbocycles. The molecule has 1 aromatic carbocycles. The Labute approximate surface area is 126 Å². The average molecular weight is 307 g/mol. The maximum Gasteiger partial charge on any atom is 0.253 e. The summed E-state index contributed by atoms with van der Waals surface area (Å²) in [6.45, 7) is 0.707. The van der Waals surface area contributed by atoms with Gasteiger partial charge in [0.15, 0.2) is 9.84 Å². The number of sulfone groups is 1. The van der Waals surface area contributed by atoms with E-state index in [9.17, 15) is 13.2 Å². The Kier molecular flexibility index (Phi) is 4.02. The molecule has 0 atom stereocenters. The van der Waals surface area contributed by atoms with Crippen LogP contribution in [0.3, 0.4) is 0 Å². The highest BCUT2D eigenvalue weighted by Crippen LogP contribution is 2.30. The maximum absolute atomic E-state index is 12.5. The number of benzene rings is 1. The number of carbonyl (C=O) groups is 1. The molecular weight excluding hydrogens is 286 g/mol. The van der Waals surface area contributed by atoms with Gasteiger partial charge in [0.1, 0.15) is 0 Å². The summed E-state index contributed by atoms with van der Waals surface area (Å²) in [5.74, 6) is -0.0642. The van der Waals surface area contributed by atoms with Crippen molar-refractivity contribution in [2.75, 3.05) is 13.1 Å². The van der Waals surface area contributed by atoms with Crippen molar-refractivity contribution in [2.24, 2.45) is 0 Å². The number of likely N-dealkylation sites (tertiary alicyclic amines) is 1. The van der Waals surface area contributed by atoms with E-state index in [1.165, 1.54) is 0 Å². The monoisotopic (exact) mass is 307 g/mol. The molecule has 2 fully saturated rings. The molecule has 1 heterocycles. The highest BCUT2D eigenvalue weighted by atomic mass is 32.2. The topological polar surface area (TPSA) is 54.5 Å². The van der Waals surface area contributed by atoms with Crippen LogP contribution < -0.4 is 0 Å². The molecule has 0 unspecified atom stereocenters. The second kappa shape index (κ2) is 5.79. The number of hydrogen-bond acceptors (Lipinski definition) is 3. The van der Waals surface area contributed by atoms with Gasteiger partial charge in [-0.15, -0.1) is 0 Å². The van der Waals surface area contributed by atoms with Gasteiger partial charge in [-0.25, -0.2) is 8.42 Å². The van der Waals surface area contributed by atoms with Gasteiger partial charge in [0.2, 0.25) is 0 Å². The van der Waals surface area contributed by atoms with Crippen molar-refractivity contribution in [1.82, 2.24) is 4.90 Å². The molecule has 0 N–H and O–H groups in total. The van der Waals surface area contributed by atoms with Crippen LogP contribution in [0.25, 0.3) is 0 Å². The lowest BCUT2D eigenvalue weighted by Crippen LogP contribution is -2.58. The molecule has 1 saturated heterocycles. The van der Waals surface area contributed by atoms with Gasteiger partial charge in [0, 0.05) is 18.7 Å². The summed E-state index contributed by atoms with van der Waals surface area (Å²) in [5.41, 5.74) is 0.631. The van der Waals surface area contributed by atoms with Gasteiger partial charge < -0.3 is 4.90 Å². The largest absolute Gasteiger partial charge is 0.336 e. The molecule has 3 rings (SSSR count). The Hall–Kier alpha value is -1.36. The Morgan fingerprint density at radius 1 is 0.952 bits per heavy atom. The van der Waals surface area contributed by atoms with E-state index in [4.69, 9.17) is 0 Å². The lowest BCUT2D eigenvalue weighted by molar-refractivity contribution is 0.0658. The molecule has 0 radical (unpaired) electrons. The number of hydrogen-bond donors (Lipinski definition) is 0. The Morgan fingerprint density at radius 2 is 1.57 bits per heavy atom. The van der Waals surface area contributed by atoms with E-state index >= 15 is 0 Å². The first-order valence-electron chi connectivity index (χ1n) is 7.66. The first-order valence-corrected chi connectivity index (χ1v) is 9.27. The SMILES string of the molecule is O=C(c1ccccc1)N1CC(S(=O)(=O)C2CCCCC2)C1. The molecule has 0 aromatic heterocycles. The van der Waals surface area contributed by atoms with E-state index in [2.05, 4.69) is 0 Å². The number of amides is 1. The number of carbonyl (C=O) groups excluding carboxylic acids is 1. The van der Waals surface area contributed by atoms with Crippen molar-refractivity contribution in [3.05, 3.63) is 35.9 Å². The third kappa shape index (κ3) is 2.84. The molecule has 1 amide bonds. The van der Waals surface area contributed by atoms with Crippen LogP contribution in [0.4, 0.5) is 0 Å². The standard InChI is InChI=1S/C16H21NO3S/c18-16(13-7-3-1-4-8-13)17-11-15(12-17)21(19,20)14-9-5-2-6-10-14/h1,3-4,7-8,14-15H,2,5-6,9-12H2. The van der Waals surface area contributed by atoms with E-state index < -0.39 is 9.84 Å². The summed E-state index contributed by atoms with van der Waals surface area (Å²) < 4.78 is 25.1. The third-order valence-electron chi connectivity index (χ3n) is 4.64. The van der Waals surface area contributed by atoms with Crippen LogP contribution in [0.2, 0.25) is 0 Å². The highest BCUT2D eigenvalue weighted by Gasteiger charge is 2.43. The summed E-state index contributed by atoms with van der Waals surface area (Å²) in [6.07, 6.45) is 4.78. The molecular formula is C16H21NO3S. The van der Waals surface area contributed by atoms with Crippen LogP contribution in [0.5, 0.6) is 0 Å². The third-order valence-corrected chi connectivity index (χ3v) is 7.27. The van der Waals surface area contributed by atoms with Crippen molar-refractivity contribution in [2.45, 2.75) is 42.6 Å². The van der Waals surface area contributed by atoms with E-state index in [1.807, 2.05) is 18.2 Å². The van der Waals surface area contributed by atoms with Gasteiger partial charge in [0.25, 0.3) is 5.91 Å². The number of rotatable bonds is 3. The Morgan fingerprint density at radius 3 is 2.19 bits per heavy atom. The van der Waals surface area contributed by atoms with E-state index in [0.29, 0.717) is 18.7 Å². The van der Waals surface area contributed by atoms with Crippen molar-refractivity contribution in [3.8, 4) is 0 Å². The van der Waals surface area contributed by atoms with Gasteiger partial charge in [-0.05, 0) is 25.0 Å². The predicted molar refractivity (Wildman–Crippen MR) is 81.9 cm³/mol. The minimum Gasteiger partial charge on any atom is -0.336 e. The summed E-state index contributed by atoms with van der Waals surface area (Å²) in [4.78, 5) is 13.8. The highest BCUT2D eigenvalue weighted by molar-refractivity contribution is 7.92. The molecule has 0 spiro atoms. The Bertz CT molecular complexity index is 600. The van der Waals surface area contributed by atoms with Crippen LogP contribution in [-0.2, 0) is 9.84 Å². The van der Waals surface area contributed by atoms with Gasteiger partial charge in [-0.3, -0.25) is 4.79 Å². The van der Waals surface area contributed by atoms with Crippen molar-refractivity contribution >= 4 is 15.7 Å². The zero-order chi connectivity index (χ0) is 14.9. The van der Waals surface area contributed by atoms with Crippen molar-refractivity contribution in [1.29, 1.82) is 0 Å². The minimum absolute atomic E-state index is 0.0642. The smallest absolute Gasteiger partial charge is 0.253 e. The summed E-state index contributed by atoms with van der Waals surface area (Å²) in [6, 6.07) is 9.05. The van der Waals surface area contributed by atoms with Gasteiger partial charge in [-0.2, -0.15) is 0 Å². The van der Waals surface area contributed by atoms with Crippen LogP contribution >= 0.6 is 0 Å². The van der Waals surface area contributed by atoms with E-state index in [0.717, 1.165) is 32.1 Å². The van der Waals surface area contributed by atoms with Crippen LogP contribution in [0.1, 0.15) is 42.5 Å². The molecule has 0 bridgehead atoms. The lowest BCUT2D eigenvalue weighted by atomic mass is 10.0. The fourth-order valence-electron chi connectivity index (χ4n) is 3.24. The van der Waals surface area contributed by atoms with Gasteiger partial charge in [-0.1, -0.05) is 37.5 Å². The molecule has 1 aliphatic carbocycles. The molecule has 4 nitrogen and oxygen atoms in total. The first-order chi connectivity index (χ1) is 10.1. The summed E-state index contributed by atoms with van der Waals surface area (Å²) >= 11 is 0. The van der Waals surface area contributed by atoms with Crippen molar-refractivity contribution in [3.63, 3.8) is 0 Å². The van der Waals surface area contributed by atoms with Crippen LogP contribution in [-0.4, -0.2) is 42.8 Å². The van der Waals surface area contributed by atoms with E-state index in [1.54, 1.807) is 17.0 Å². The van der Waals surface area contributed by atoms with Crippen molar-refractivity contribution < 1.29 is 13.2 Å².